The highest BCUT2D eigenvalue weighted by Gasteiger charge is 2.14. The second kappa shape index (κ2) is 5.76. The number of aromatic nitrogens is 1. The number of pyridine rings is 1. The lowest BCUT2D eigenvalue weighted by Crippen LogP contribution is -2.28. The van der Waals surface area contributed by atoms with Crippen molar-refractivity contribution in [1.82, 2.24) is 10.4 Å². The molecule has 94 valence electrons. The molecule has 0 aliphatic heterocycles. The van der Waals surface area contributed by atoms with E-state index < -0.39 is 0 Å². The van der Waals surface area contributed by atoms with Crippen molar-refractivity contribution in [1.29, 1.82) is 0 Å². The average molecular weight is 241 g/mol. The van der Waals surface area contributed by atoms with Gasteiger partial charge in [0.1, 0.15) is 0 Å². The van der Waals surface area contributed by atoms with Crippen LogP contribution in [0.5, 0.6) is 0 Å². The van der Waals surface area contributed by atoms with Gasteiger partial charge in [-0.25, -0.2) is 0 Å². The molecule has 0 aliphatic rings. The summed E-state index contributed by atoms with van der Waals surface area (Å²) in [5.74, 6) is 5.68. The Bertz CT molecular complexity index is 543. The summed E-state index contributed by atoms with van der Waals surface area (Å²) in [6, 6.07) is 10.3. The van der Waals surface area contributed by atoms with E-state index in [-0.39, 0.29) is 6.04 Å². The summed E-state index contributed by atoms with van der Waals surface area (Å²) in [4.78, 5) is 4.46. The largest absolute Gasteiger partial charge is 0.271 e. The number of nitrogens with one attached hydrogen (secondary N) is 1. The standard InChI is InChI=1S/C15H19N3/c1-3-11(2)10-14(18-16)13-8-4-6-12-7-5-9-17-15(12)13/h4-9,14,18H,2-3,10,16H2,1H3. The zero-order chi connectivity index (χ0) is 13.0. The number of para-hydroxylation sites is 1. The fraction of sp³-hybridized carbons (Fsp3) is 0.267. The number of hydrazine groups is 1. The molecule has 1 atom stereocenters. The smallest absolute Gasteiger partial charge is 0.0750 e. The number of fused-ring (bicyclic) bond motifs is 1. The van der Waals surface area contributed by atoms with Crippen LogP contribution in [0.4, 0.5) is 0 Å². The maximum absolute atomic E-state index is 5.68. The summed E-state index contributed by atoms with van der Waals surface area (Å²) in [5.41, 5.74) is 6.20. The van der Waals surface area contributed by atoms with Crippen molar-refractivity contribution in [2.24, 2.45) is 5.84 Å². The second-order valence-corrected chi connectivity index (χ2v) is 4.45. The molecular formula is C15H19N3. The van der Waals surface area contributed by atoms with E-state index in [1.165, 1.54) is 5.57 Å². The fourth-order valence-electron chi connectivity index (χ4n) is 2.10. The van der Waals surface area contributed by atoms with Gasteiger partial charge in [0.05, 0.1) is 11.6 Å². The van der Waals surface area contributed by atoms with Crippen molar-refractivity contribution >= 4 is 10.9 Å². The van der Waals surface area contributed by atoms with Crippen LogP contribution in [0.1, 0.15) is 31.4 Å². The Morgan fingerprint density at radius 1 is 1.39 bits per heavy atom. The van der Waals surface area contributed by atoms with E-state index in [0.29, 0.717) is 0 Å². The highest BCUT2D eigenvalue weighted by Crippen LogP contribution is 2.26. The van der Waals surface area contributed by atoms with Gasteiger partial charge in [-0.05, 0) is 24.5 Å². The first-order valence-electron chi connectivity index (χ1n) is 6.22. The van der Waals surface area contributed by atoms with Gasteiger partial charge in [0.15, 0.2) is 0 Å². The Morgan fingerprint density at radius 2 is 2.17 bits per heavy atom. The summed E-state index contributed by atoms with van der Waals surface area (Å²) < 4.78 is 0. The quantitative estimate of drug-likeness (QED) is 0.480. The normalized spacial score (nSPS) is 12.6. The van der Waals surface area contributed by atoms with Crippen molar-refractivity contribution in [3.8, 4) is 0 Å². The lowest BCUT2D eigenvalue weighted by Gasteiger charge is -2.18. The van der Waals surface area contributed by atoms with Gasteiger partial charge in [0, 0.05) is 11.6 Å². The number of rotatable bonds is 5. The topological polar surface area (TPSA) is 50.9 Å². The van der Waals surface area contributed by atoms with E-state index in [0.717, 1.165) is 29.3 Å². The van der Waals surface area contributed by atoms with Crippen LogP contribution in [0.25, 0.3) is 10.9 Å². The van der Waals surface area contributed by atoms with Crippen LogP contribution in [0.15, 0.2) is 48.7 Å². The Balaban J connectivity index is 2.41. The summed E-state index contributed by atoms with van der Waals surface area (Å²) in [6.45, 7) is 6.16. The van der Waals surface area contributed by atoms with Gasteiger partial charge >= 0.3 is 0 Å². The number of nitrogens with zero attached hydrogens (tertiary/aromatic N) is 1. The van der Waals surface area contributed by atoms with Crippen LogP contribution >= 0.6 is 0 Å². The van der Waals surface area contributed by atoms with Gasteiger partial charge in [-0.15, -0.1) is 0 Å². The molecule has 0 aliphatic carbocycles. The van der Waals surface area contributed by atoms with E-state index in [4.69, 9.17) is 5.84 Å². The van der Waals surface area contributed by atoms with Crippen LogP contribution in [-0.4, -0.2) is 4.98 Å². The predicted molar refractivity (Wildman–Crippen MR) is 75.9 cm³/mol. The summed E-state index contributed by atoms with van der Waals surface area (Å²) >= 11 is 0. The molecule has 2 rings (SSSR count). The molecule has 18 heavy (non-hydrogen) atoms. The lowest BCUT2D eigenvalue weighted by atomic mass is 9.97. The first-order valence-corrected chi connectivity index (χ1v) is 6.22. The van der Waals surface area contributed by atoms with Gasteiger partial charge in [-0.2, -0.15) is 0 Å². The van der Waals surface area contributed by atoms with Gasteiger partial charge in [0.2, 0.25) is 0 Å². The van der Waals surface area contributed by atoms with Crippen LogP contribution in [0.2, 0.25) is 0 Å². The molecule has 0 spiro atoms. The van der Waals surface area contributed by atoms with Gasteiger partial charge in [0.25, 0.3) is 0 Å². The second-order valence-electron chi connectivity index (χ2n) is 4.45. The third-order valence-electron chi connectivity index (χ3n) is 3.23. The van der Waals surface area contributed by atoms with Crippen molar-refractivity contribution in [2.75, 3.05) is 0 Å². The number of nitrogens with two attached hydrogens (primary N) is 1. The molecule has 1 aromatic heterocycles. The number of hydrogen-bond acceptors (Lipinski definition) is 3. The third-order valence-corrected chi connectivity index (χ3v) is 3.23. The summed E-state index contributed by atoms with van der Waals surface area (Å²) in [7, 11) is 0. The molecule has 0 saturated carbocycles. The van der Waals surface area contributed by atoms with E-state index in [9.17, 15) is 0 Å². The van der Waals surface area contributed by atoms with Gasteiger partial charge < -0.3 is 0 Å². The molecule has 1 unspecified atom stereocenters. The summed E-state index contributed by atoms with van der Waals surface area (Å²) in [5, 5.41) is 1.14. The molecule has 0 fully saturated rings. The average Bonchev–Trinajstić information content (AvgIpc) is 2.44. The van der Waals surface area contributed by atoms with Crippen LogP contribution < -0.4 is 11.3 Å². The first-order chi connectivity index (χ1) is 8.76. The lowest BCUT2D eigenvalue weighted by molar-refractivity contribution is 0.547. The number of benzene rings is 1. The Kier molecular flexibility index (Phi) is 4.07. The Labute approximate surface area is 108 Å². The molecule has 1 aromatic carbocycles. The molecule has 3 nitrogen and oxygen atoms in total. The fourth-order valence-corrected chi connectivity index (χ4v) is 2.10. The predicted octanol–water partition coefficient (Wildman–Crippen LogP) is 3.10. The van der Waals surface area contributed by atoms with Gasteiger partial charge in [-0.3, -0.25) is 16.3 Å². The minimum absolute atomic E-state index is 0.0658. The van der Waals surface area contributed by atoms with Crippen molar-refractivity contribution in [3.05, 3.63) is 54.2 Å². The van der Waals surface area contributed by atoms with Crippen molar-refractivity contribution < 1.29 is 0 Å². The van der Waals surface area contributed by atoms with Crippen molar-refractivity contribution in [3.63, 3.8) is 0 Å². The van der Waals surface area contributed by atoms with Crippen LogP contribution in [-0.2, 0) is 0 Å². The molecule has 3 N–H and O–H groups in total. The Morgan fingerprint density at radius 3 is 2.89 bits per heavy atom. The maximum atomic E-state index is 5.68. The molecule has 0 bridgehead atoms. The first kappa shape index (κ1) is 12.7. The molecule has 1 heterocycles. The monoisotopic (exact) mass is 241 g/mol. The zero-order valence-electron chi connectivity index (χ0n) is 10.7. The van der Waals surface area contributed by atoms with E-state index in [1.54, 1.807) is 0 Å². The van der Waals surface area contributed by atoms with E-state index >= 15 is 0 Å². The molecular weight excluding hydrogens is 222 g/mol. The van der Waals surface area contributed by atoms with E-state index in [2.05, 4.69) is 42.1 Å². The maximum Gasteiger partial charge on any atom is 0.0750 e. The highest BCUT2D eigenvalue weighted by atomic mass is 15.2. The third kappa shape index (κ3) is 2.58. The van der Waals surface area contributed by atoms with Crippen molar-refractivity contribution in [2.45, 2.75) is 25.8 Å². The summed E-state index contributed by atoms with van der Waals surface area (Å²) in [6.07, 6.45) is 3.62. The van der Waals surface area contributed by atoms with E-state index in [1.807, 2.05) is 18.3 Å². The minimum Gasteiger partial charge on any atom is -0.271 e. The highest BCUT2D eigenvalue weighted by molar-refractivity contribution is 5.82. The minimum atomic E-state index is 0.0658. The molecule has 0 radical (unpaired) electrons. The zero-order valence-corrected chi connectivity index (χ0v) is 10.7. The van der Waals surface area contributed by atoms with Crippen LogP contribution in [0, 0.1) is 0 Å². The molecule has 0 saturated heterocycles. The SMILES string of the molecule is C=C(CC)CC(NN)c1cccc2cccnc12. The number of hydrogen-bond donors (Lipinski definition) is 2. The molecule has 2 aromatic rings. The molecule has 0 amide bonds. The van der Waals surface area contributed by atoms with Gasteiger partial charge in [-0.1, -0.05) is 43.3 Å². The van der Waals surface area contributed by atoms with Crippen LogP contribution in [0.3, 0.4) is 0 Å². The molecule has 3 heteroatoms. The Hall–Kier alpha value is -1.71.